The third kappa shape index (κ3) is 2.30. The van der Waals surface area contributed by atoms with Gasteiger partial charge in [0.15, 0.2) is 0 Å². The van der Waals surface area contributed by atoms with Crippen molar-refractivity contribution in [2.45, 2.75) is 19.3 Å². The summed E-state index contributed by atoms with van der Waals surface area (Å²) in [6, 6.07) is 4.78. The van der Waals surface area contributed by atoms with E-state index in [1.165, 1.54) is 17.0 Å². The Hall–Kier alpha value is -2.51. The van der Waals surface area contributed by atoms with Crippen molar-refractivity contribution >= 4 is 6.09 Å². The number of benzene rings is 1. The van der Waals surface area contributed by atoms with Crippen LogP contribution < -0.4 is 0 Å². The van der Waals surface area contributed by atoms with E-state index in [-0.39, 0.29) is 13.1 Å². The lowest BCUT2D eigenvalue weighted by molar-refractivity contribution is -0.137. The van der Waals surface area contributed by atoms with Gasteiger partial charge < -0.3 is 5.11 Å². The molecule has 22 heavy (non-hydrogen) atoms. The Morgan fingerprint density at radius 3 is 2.41 bits per heavy atom. The molecule has 1 amide bonds. The fourth-order valence-corrected chi connectivity index (χ4v) is 2.66. The number of halogens is 3. The van der Waals surface area contributed by atoms with Gasteiger partial charge in [0.2, 0.25) is 0 Å². The minimum atomic E-state index is -4.38. The fourth-order valence-electron chi connectivity index (χ4n) is 2.66. The quantitative estimate of drug-likeness (QED) is 0.880. The van der Waals surface area contributed by atoms with E-state index in [9.17, 15) is 18.0 Å². The normalized spacial score (nSPS) is 14.3. The van der Waals surface area contributed by atoms with Gasteiger partial charge in [0.1, 0.15) is 0 Å². The average Bonchev–Trinajstić information content (AvgIpc) is 2.94. The lowest BCUT2D eigenvalue weighted by Gasteiger charge is -2.12. The van der Waals surface area contributed by atoms with Gasteiger partial charge in [-0.05, 0) is 12.1 Å². The molecule has 0 saturated heterocycles. The summed E-state index contributed by atoms with van der Waals surface area (Å²) >= 11 is 0. The monoisotopic (exact) mass is 311 g/mol. The first-order valence-corrected chi connectivity index (χ1v) is 6.47. The maximum absolute atomic E-state index is 12.6. The van der Waals surface area contributed by atoms with Crippen LogP contribution in [0.5, 0.6) is 0 Å². The molecule has 0 unspecified atom stereocenters. The summed E-state index contributed by atoms with van der Waals surface area (Å²) in [6.45, 7) is 0.383. The number of aryl methyl sites for hydroxylation is 1. The van der Waals surface area contributed by atoms with Crippen LogP contribution in [0.1, 0.15) is 16.8 Å². The van der Waals surface area contributed by atoms with Crippen molar-refractivity contribution in [1.29, 1.82) is 0 Å². The van der Waals surface area contributed by atoms with E-state index in [4.69, 9.17) is 5.11 Å². The van der Waals surface area contributed by atoms with Crippen molar-refractivity contribution in [3.8, 4) is 11.3 Å². The predicted molar refractivity (Wildman–Crippen MR) is 70.9 cm³/mol. The molecule has 2 heterocycles. The number of hydrogen-bond acceptors (Lipinski definition) is 2. The molecule has 1 aliphatic heterocycles. The molecule has 0 bridgehead atoms. The third-order valence-corrected chi connectivity index (χ3v) is 3.67. The zero-order valence-corrected chi connectivity index (χ0v) is 11.6. The zero-order chi connectivity index (χ0) is 16.1. The van der Waals surface area contributed by atoms with E-state index < -0.39 is 17.8 Å². The van der Waals surface area contributed by atoms with Crippen molar-refractivity contribution in [2.75, 3.05) is 0 Å². The summed E-state index contributed by atoms with van der Waals surface area (Å²) in [5, 5.41) is 13.3. The minimum Gasteiger partial charge on any atom is -0.465 e. The highest BCUT2D eigenvalue weighted by Crippen LogP contribution is 2.34. The van der Waals surface area contributed by atoms with Gasteiger partial charge >= 0.3 is 12.3 Å². The Bertz CT molecular complexity index is 735. The van der Waals surface area contributed by atoms with Crippen LogP contribution in [0.4, 0.5) is 18.0 Å². The molecule has 8 heteroatoms. The second kappa shape index (κ2) is 4.75. The van der Waals surface area contributed by atoms with Crippen molar-refractivity contribution in [1.82, 2.24) is 14.7 Å². The summed E-state index contributed by atoms with van der Waals surface area (Å²) in [7, 11) is 1.69. The smallest absolute Gasteiger partial charge is 0.416 e. The first-order valence-electron chi connectivity index (χ1n) is 6.47. The lowest BCUT2D eigenvalue weighted by Crippen LogP contribution is -2.23. The molecule has 0 atom stereocenters. The molecule has 0 spiro atoms. The van der Waals surface area contributed by atoms with Crippen LogP contribution in [0.2, 0.25) is 0 Å². The number of amides is 1. The Labute approximate surface area is 123 Å². The molecule has 0 fully saturated rings. The molecule has 1 aliphatic rings. The van der Waals surface area contributed by atoms with Gasteiger partial charge in [-0.1, -0.05) is 12.1 Å². The first-order chi connectivity index (χ1) is 10.3. The van der Waals surface area contributed by atoms with E-state index >= 15 is 0 Å². The Morgan fingerprint density at radius 2 is 1.86 bits per heavy atom. The topological polar surface area (TPSA) is 58.4 Å². The highest BCUT2D eigenvalue weighted by Gasteiger charge is 2.32. The van der Waals surface area contributed by atoms with Crippen molar-refractivity contribution in [3.63, 3.8) is 0 Å². The van der Waals surface area contributed by atoms with Gasteiger partial charge in [-0.15, -0.1) is 0 Å². The Morgan fingerprint density at radius 1 is 1.23 bits per heavy atom. The van der Waals surface area contributed by atoms with Gasteiger partial charge in [0.05, 0.1) is 30.0 Å². The van der Waals surface area contributed by atoms with E-state index in [1.807, 2.05) is 0 Å². The zero-order valence-electron chi connectivity index (χ0n) is 11.6. The summed E-state index contributed by atoms with van der Waals surface area (Å²) in [4.78, 5) is 12.2. The standard InChI is InChI=1S/C14H12F3N3O2/c1-19-12(8-2-4-9(5-3-8)14(15,16)17)10-6-20(13(21)22)7-11(10)18-19/h2-5H,6-7H2,1H3,(H,21,22). The van der Waals surface area contributed by atoms with Crippen molar-refractivity contribution in [2.24, 2.45) is 7.05 Å². The van der Waals surface area contributed by atoms with Gasteiger partial charge in [-0.25, -0.2) is 4.79 Å². The molecule has 2 aromatic rings. The largest absolute Gasteiger partial charge is 0.465 e. The molecule has 1 N–H and O–H groups in total. The maximum atomic E-state index is 12.6. The molecule has 0 aliphatic carbocycles. The first kappa shape index (κ1) is 14.4. The molecule has 0 radical (unpaired) electrons. The third-order valence-electron chi connectivity index (χ3n) is 3.67. The highest BCUT2D eigenvalue weighted by atomic mass is 19.4. The molecular formula is C14H12F3N3O2. The summed E-state index contributed by atoms with van der Waals surface area (Å²) in [5.41, 5.74) is 1.88. The fraction of sp³-hybridized carbons (Fsp3) is 0.286. The number of aromatic nitrogens is 2. The van der Waals surface area contributed by atoms with Crippen LogP contribution in [0.25, 0.3) is 11.3 Å². The van der Waals surface area contributed by atoms with Gasteiger partial charge in [-0.3, -0.25) is 9.58 Å². The lowest BCUT2D eigenvalue weighted by atomic mass is 10.0. The number of alkyl halides is 3. The SMILES string of the molecule is Cn1nc2c(c1-c1ccc(C(F)(F)F)cc1)CN(C(=O)O)C2. The number of rotatable bonds is 1. The van der Waals surface area contributed by atoms with E-state index in [0.717, 1.165) is 17.7 Å². The van der Waals surface area contributed by atoms with Crippen LogP contribution in [0.15, 0.2) is 24.3 Å². The second-order valence-corrected chi connectivity index (χ2v) is 5.11. The molecule has 1 aromatic carbocycles. The molecular weight excluding hydrogens is 299 g/mol. The molecule has 0 saturated carbocycles. The van der Waals surface area contributed by atoms with Crippen LogP contribution in [0.3, 0.4) is 0 Å². The Kier molecular flexibility index (Phi) is 3.12. The van der Waals surface area contributed by atoms with Crippen LogP contribution in [-0.2, 0) is 26.3 Å². The van der Waals surface area contributed by atoms with Gasteiger partial charge in [-0.2, -0.15) is 18.3 Å². The maximum Gasteiger partial charge on any atom is 0.416 e. The number of fused-ring (bicyclic) bond motifs is 1. The van der Waals surface area contributed by atoms with Crippen LogP contribution in [-0.4, -0.2) is 25.9 Å². The van der Waals surface area contributed by atoms with Crippen LogP contribution >= 0.6 is 0 Å². The number of carboxylic acid groups (broad SMARTS) is 1. The number of nitrogens with zero attached hydrogens (tertiary/aromatic N) is 3. The second-order valence-electron chi connectivity index (χ2n) is 5.11. The summed E-state index contributed by atoms with van der Waals surface area (Å²) < 4.78 is 39.4. The molecule has 5 nitrogen and oxygen atoms in total. The predicted octanol–water partition coefficient (Wildman–Crippen LogP) is 3.10. The molecule has 1 aromatic heterocycles. The Balaban J connectivity index is 1.99. The summed E-state index contributed by atoms with van der Waals surface area (Å²) in [6.07, 6.45) is -5.42. The average molecular weight is 311 g/mol. The minimum absolute atomic E-state index is 0.189. The summed E-state index contributed by atoms with van der Waals surface area (Å²) in [5.74, 6) is 0. The van der Waals surface area contributed by atoms with Crippen LogP contribution in [0, 0.1) is 0 Å². The van der Waals surface area contributed by atoms with Gasteiger partial charge in [0, 0.05) is 18.2 Å². The highest BCUT2D eigenvalue weighted by molar-refractivity contribution is 5.70. The number of carbonyl (C=O) groups is 1. The molecule has 116 valence electrons. The van der Waals surface area contributed by atoms with E-state index in [0.29, 0.717) is 17.0 Å². The van der Waals surface area contributed by atoms with Crippen molar-refractivity contribution < 1.29 is 23.1 Å². The van der Waals surface area contributed by atoms with E-state index in [2.05, 4.69) is 5.10 Å². The molecule has 3 rings (SSSR count). The van der Waals surface area contributed by atoms with Gasteiger partial charge in [0.25, 0.3) is 0 Å². The number of hydrogen-bond donors (Lipinski definition) is 1. The van der Waals surface area contributed by atoms with E-state index in [1.54, 1.807) is 11.7 Å². The van der Waals surface area contributed by atoms with Crippen molar-refractivity contribution in [3.05, 3.63) is 41.1 Å².